The maximum atomic E-state index is 12.8. The lowest BCUT2D eigenvalue weighted by Crippen LogP contribution is -2.43. The number of likely N-dealkylation sites (tertiary alicyclic amines) is 1. The van der Waals surface area contributed by atoms with Gasteiger partial charge in [-0.3, -0.25) is 14.5 Å². The molecule has 2 heterocycles. The fraction of sp³-hybridized carbons (Fsp3) is 0.440. The molecule has 8 nitrogen and oxygen atoms in total. The first-order valence-corrected chi connectivity index (χ1v) is 11.6. The molecule has 3 aliphatic rings. The molecule has 34 heavy (non-hydrogen) atoms. The van der Waals surface area contributed by atoms with Crippen molar-refractivity contribution in [2.45, 2.75) is 26.8 Å². The van der Waals surface area contributed by atoms with Crippen LogP contribution in [0.5, 0.6) is 0 Å². The number of hydrogen-bond donors (Lipinski definition) is 2. The number of oxazole rings is 1. The number of hydrogen-bond acceptors (Lipinski definition) is 5. The van der Waals surface area contributed by atoms with Gasteiger partial charge in [0, 0.05) is 25.2 Å². The molecular formula is C25H30IN5O3. The first kappa shape index (κ1) is 24.4. The van der Waals surface area contributed by atoms with Crippen LogP contribution >= 0.6 is 24.0 Å². The Bertz CT molecular complexity index is 1080. The summed E-state index contributed by atoms with van der Waals surface area (Å²) in [5.41, 5.74) is 2.16. The second kappa shape index (κ2) is 10.3. The largest absolute Gasteiger partial charge is 0.439 e. The Labute approximate surface area is 216 Å². The molecule has 2 bridgehead atoms. The molecule has 1 aromatic carbocycles. The van der Waals surface area contributed by atoms with Crippen molar-refractivity contribution in [1.82, 2.24) is 20.5 Å². The van der Waals surface area contributed by atoms with Crippen LogP contribution in [0.2, 0.25) is 0 Å². The Morgan fingerprint density at radius 1 is 1.12 bits per heavy atom. The van der Waals surface area contributed by atoms with Crippen LogP contribution < -0.4 is 10.6 Å². The highest BCUT2D eigenvalue weighted by atomic mass is 127. The highest BCUT2D eigenvalue weighted by Crippen LogP contribution is 2.52. The van der Waals surface area contributed by atoms with E-state index in [-0.39, 0.29) is 66.0 Å². The summed E-state index contributed by atoms with van der Waals surface area (Å²) in [6, 6.07) is 8.08. The summed E-state index contributed by atoms with van der Waals surface area (Å²) in [5, 5.41) is 6.40. The second-order valence-electron chi connectivity index (χ2n) is 8.93. The molecule has 1 aromatic heterocycles. The van der Waals surface area contributed by atoms with Crippen molar-refractivity contribution in [1.29, 1.82) is 0 Å². The van der Waals surface area contributed by atoms with E-state index < -0.39 is 0 Å². The Kier molecular flexibility index (Phi) is 7.39. The Hall–Kier alpha value is -2.69. The third-order valence-corrected chi connectivity index (χ3v) is 6.80. The zero-order chi connectivity index (χ0) is 22.9. The monoisotopic (exact) mass is 575 g/mol. The smallest absolute Gasteiger partial charge is 0.233 e. The fourth-order valence-electron chi connectivity index (χ4n) is 5.19. The van der Waals surface area contributed by atoms with Gasteiger partial charge in [-0.15, -0.1) is 24.0 Å². The van der Waals surface area contributed by atoms with E-state index in [1.165, 1.54) is 10.5 Å². The summed E-state index contributed by atoms with van der Waals surface area (Å²) in [5.74, 6) is 1.94. The van der Waals surface area contributed by atoms with Crippen LogP contribution in [0.1, 0.15) is 24.8 Å². The third kappa shape index (κ3) is 4.62. The van der Waals surface area contributed by atoms with Crippen LogP contribution in [0, 0.1) is 30.6 Å². The minimum atomic E-state index is -0.151. The zero-order valence-electron chi connectivity index (χ0n) is 19.4. The van der Waals surface area contributed by atoms with Gasteiger partial charge in [-0.05, 0) is 32.1 Å². The van der Waals surface area contributed by atoms with E-state index in [9.17, 15) is 9.59 Å². The Morgan fingerprint density at radius 2 is 1.79 bits per heavy atom. The molecular weight excluding hydrogens is 545 g/mol. The summed E-state index contributed by atoms with van der Waals surface area (Å²) in [6.45, 7) is 5.77. The van der Waals surface area contributed by atoms with Crippen molar-refractivity contribution < 1.29 is 14.0 Å². The number of guanidine groups is 1. The average Bonchev–Trinajstić information content (AvgIpc) is 3.59. The minimum absolute atomic E-state index is 0. The molecule has 1 saturated heterocycles. The first-order chi connectivity index (χ1) is 16.0. The van der Waals surface area contributed by atoms with Gasteiger partial charge in [-0.25, -0.2) is 9.98 Å². The molecule has 180 valence electrons. The van der Waals surface area contributed by atoms with E-state index in [2.05, 4.69) is 32.8 Å². The number of benzene rings is 1. The van der Waals surface area contributed by atoms with Crippen molar-refractivity contribution >= 4 is 41.8 Å². The molecule has 0 radical (unpaired) electrons. The second-order valence-corrected chi connectivity index (χ2v) is 8.93. The van der Waals surface area contributed by atoms with Crippen LogP contribution in [-0.4, -0.2) is 47.3 Å². The highest BCUT2D eigenvalue weighted by molar-refractivity contribution is 14.0. The highest BCUT2D eigenvalue weighted by Gasteiger charge is 2.58. The van der Waals surface area contributed by atoms with Crippen molar-refractivity contribution in [3.8, 4) is 11.3 Å². The molecule has 1 saturated carbocycles. The van der Waals surface area contributed by atoms with Gasteiger partial charge in [0.05, 0.1) is 18.0 Å². The van der Waals surface area contributed by atoms with Gasteiger partial charge in [0.1, 0.15) is 6.54 Å². The first-order valence-electron chi connectivity index (χ1n) is 11.6. The normalized spacial score (nSPS) is 25.0. The van der Waals surface area contributed by atoms with Crippen LogP contribution in [0.4, 0.5) is 0 Å². The minimum Gasteiger partial charge on any atom is -0.439 e. The van der Waals surface area contributed by atoms with E-state index >= 15 is 0 Å². The number of nitrogens with zero attached hydrogens (tertiary/aromatic N) is 3. The molecule has 5 rings (SSSR count). The number of carbonyl (C=O) groups excluding carboxylic acids is 2. The molecule has 2 N–H and O–H groups in total. The maximum absolute atomic E-state index is 12.8. The van der Waals surface area contributed by atoms with Gasteiger partial charge in [-0.2, -0.15) is 0 Å². The number of amides is 2. The molecule has 2 aliphatic carbocycles. The van der Waals surface area contributed by atoms with Gasteiger partial charge in [-0.1, -0.05) is 42.0 Å². The summed E-state index contributed by atoms with van der Waals surface area (Å²) in [7, 11) is 0. The number of fused-ring (bicyclic) bond motifs is 5. The Balaban J connectivity index is 0.00000274. The molecule has 4 unspecified atom stereocenters. The third-order valence-electron chi connectivity index (χ3n) is 6.80. The molecule has 9 heteroatoms. The summed E-state index contributed by atoms with van der Waals surface area (Å²) in [6.07, 6.45) is 6.88. The SMILES string of the molecule is CCNC(=NCc1ncc(-c2ccc(C)cc2)o1)NCCN1C(=O)C2C3C=CC(C3)C2C1=O.I. The summed E-state index contributed by atoms with van der Waals surface area (Å²) >= 11 is 0. The number of halogens is 1. The van der Waals surface area contributed by atoms with Crippen LogP contribution in [-0.2, 0) is 16.1 Å². The van der Waals surface area contributed by atoms with Crippen molar-refractivity contribution in [3.05, 3.63) is 54.1 Å². The number of aromatic nitrogens is 1. The van der Waals surface area contributed by atoms with Gasteiger partial charge in [0.2, 0.25) is 17.7 Å². The van der Waals surface area contributed by atoms with Gasteiger partial charge in [0.15, 0.2) is 11.7 Å². The van der Waals surface area contributed by atoms with Crippen molar-refractivity contribution in [3.63, 3.8) is 0 Å². The molecule has 1 aliphatic heterocycles. The van der Waals surface area contributed by atoms with Gasteiger partial charge < -0.3 is 15.1 Å². The quantitative estimate of drug-likeness (QED) is 0.173. The van der Waals surface area contributed by atoms with E-state index in [1.807, 2.05) is 38.1 Å². The molecule has 2 amide bonds. The van der Waals surface area contributed by atoms with Crippen LogP contribution in [0.3, 0.4) is 0 Å². The maximum Gasteiger partial charge on any atom is 0.233 e. The van der Waals surface area contributed by atoms with E-state index in [4.69, 9.17) is 4.42 Å². The number of aryl methyl sites for hydroxylation is 1. The lowest BCUT2D eigenvalue weighted by Gasteiger charge is -2.18. The lowest BCUT2D eigenvalue weighted by atomic mass is 9.85. The molecule has 4 atom stereocenters. The van der Waals surface area contributed by atoms with Crippen molar-refractivity contribution in [2.24, 2.45) is 28.7 Å². The number of nitrogens with one attached hydrogen (secondary N) is 2. The number of carbonyl (C=O) groups is 2. The van der Waals surface area contributed by atoms with Crippen LogP contribution in [0.25, 0.3) is 11.3 Å². The number of rotatable bonds is 7. The van der Waals surface area contributed by atoms with E-state index in [1.54, 1.807) is 6.20 Å². The van der Waals surface area contributed by atoms with Crippen molar-refractivity contribution in [2.75, 3.05) is 19.6 Å². The fourth-order valence-corrected chi connectivity index (χ4v) is 5.19. The molecule has 2 fully saturated rings. The standard InChI is InChI=1S/C25H29N5O3.HI/c1-3-26-25(29-14-20-28-13-19(33-20)16-6-4-15(2)5-7-16)27-10-11-30-23(31)21-17-8-9-18(12-17)22(21)24(30)32;/h4-9,13,17-18,21-22H,3,10-12,14H2,1-2H3,(H2,26,27,29);1H. The average molecular weight is 575 g/mol. The Morgan fingerprint density at radius 3 is 2.44 bits per heavy atom. The molecule has 0 spiro atoms. The zero-order valence-corrected chi connectivity index (χ0v) is 21.7. The lowest BCUT2D eigenvalue weighted by molar-refractivity contribution is -0.140. The summed E-state index contributed by atoms with van der Waals surface area (Å²) < 4.78 is 5.84. The van der Waals surface area contributed by atoms with Gasteiger partial charge >= 0.3 is 0 Å². The van der Waals surface area contributed by atoms with Crippen LogP contribution in [0.15, 0.2) is 52.0 Å². The summed E-state index contributed by atoms with van der Waals surface area (Å²) in [4.78, 5) is 35.9. The predicted molar refractivity (Wildman–Crippen MR) is 139 cm³/mol. The topological polar surface area (TPSA) is 99.8 Å². The van der Waals surface area contributed by atoms with E-state index in [0.717, 1.165) is 12.0 Å². The molecule has 2 aromatic rings. The van der Waals surface area contributed by atoms with E-state index in [0.29, 0.717) is 37.2 Å². The number of aliphatic imine (C=N–C) groups is 1. The number of allylic oxidation sites excluding steroid dienone is 2. The predicted octanol–water partition coefficient (Wildman–Crippen LogP) is 3.13. The number of imide groups is 1. The van der Waals surface area contributed by atoms with Gasteiger partial charge in [0.25, 0.3) is 0 Å².